The Hall–Kier alpha value is -2.24. The highest BCUT2D eigenvalue weighted by molar-refractivity contribution is 7.99. The number of hydrogen-bond acceptors (Lipinski definition) is 3. The zero-order chi connectivity index (χ0) is 17.5. The van der Waals surface area contributed by atoms with Gasteiger partial charge in [-0.1, -0.05) is 41.9 Å². The predicted octanol–water partition coefficient (Wildman–Crippen LogP) is 4.08. The number of nitrogens with zero attached hydrogens (tertiary/aromatic N) is 2. The maximum atomic E-state index is 12.0. The Labute approximate surface area is 156 Å². The van der Waals surface area contributed by atoms with Crippen LogP contribution in [0.5, 0.6) is 0 Å². The molecule has 1 aromatic heterocycles. The van der Waals surface area contributed by atoms with Crippen LogP contribution in [0, 0.1) is 0 Å². The van der Waals surface area contributed by atoms with Gasteiger partial charge >= 0.3 is 0 Å². The maximum Gasteiger partial charge on any atom is 0.230 e. The van der Waals surface area contributed by atoms with Gasteiger partial charge in [-0.25, -0.2) is 4.98 Å². The smallest absolute Gasteiger partial charge is 0.230 e. The fourth-order valence-corrected chi connectivity index (χ4v) is 3.46. The number of imidazole rings is 1. The molecule has 1 heterocycles. The molecular weight excluding hydrogens is 354 g/mol. The topological polar surface area (TPSA) is 46.9 Å². The number of benzene rings is 2. The minimum absolute atomic E-state index is 0.0238. The van der Waals surface area contributed by atoms with E-state index in [1.165, 1.54) is 0 Å². The van der Waals surface area contributed by atoms with Gasteiger partial charge in [0.1, 0.15) is 0 Å². The molecule has 0 bridgehead atoms. The molecule has 0 aliphatic rings. The van der Waals surface area contributed by atoms with E-state index in [0.29, 0.717) is 12.3 Å². The summed E-state index contributed by atoms with van der Waals surface area (Å²) in [4.78, 5) is 16.0. The number of carbonyl (C=O) groups is 1. The SMILES string of the molecule is O=C(CSCc1ccccc1Cl)NCc1ccc(-n2ccnc2)cc1. The van der Waals surface area contributed by atoms with Crippen LogP contribution < -0.4 is 5.32 Å². The lowest BCUT2D eigenvalue weighted by Gasteiger charge is -2.07. The Morgan fingerprint density at radius 1 is 1.16 bits per heavy atom. The molecule has 0 unspecified atom stereocenters. The van der Waals surface area contributed by atoms with Crippen LogP contribution >= 0.6 is 23.4 Å². The number of nitrogens with one attached hydrogen (secondary N) is 1. The third kappa shape index (κ3) is 5.11. The van der Waals surface area contributed by atoms with Crippen LogP contribution in [-0.4, -0.2) is 21.2 Å². The zero-order valence-corrected chi connectivity index (χ0v) is 15.1. The quantitative estimate of drug-likeness (QED) is 0.680. The van der Waals surface area contributed by atoms with Crippen molar-refractivity contribution in [2.45, 2.75) is 12.3 Å². The fraction of sp³-hybridized carbons (Fsp3) is 0.158. The number of carbonyl (C=O) groups excluding carboxylic acids is 1. The number of rotatable bonds is 7. The highest BCUT2D eigenvalue weighted by Crippen LogP contribution is 2.20. The van der Waals surface area contributed by atoms with Crippen molar-refractivity contribution in [2.75, 3.05) is 5.75 Å². The molecule has 1 N–H and O–H groups in total. The van der Waals surface area contributed by atoms with Gasteiger partial charge in [-0.3, -0.25) is 4.79 Å². The van der Waals surface area contributed by atoms with Crippen LogP contribution in [0.15, 0.2) is 67.3 Å². The lowest BCUT2D eigenvalue weighted by Crippen LogP contribution is -2.24. The average molecular weight is 372 g/mol. The van der Waals surface area contributed by atoms with E-state index in [-0.39, 0.29) is 5.91 Å². The van der Waals surface area contributed by atoms with Gasteiger partial charge < -0.3 is 9.88 Å². The molecule has 0 saturated carbocycles. The van der Waals surface area contributed by atoms with Crippen molar-refractivity contribution >= 4 is 29.3 Å². The van der Waals surface area contributed by atoms with Gasteiger partial charge in [0.15, 0.2) is 0 Å². The first-order valence-corrected chi connectivity index (χ1v) is 9.41. The second-order valence-electron chi connectivity index (χ2n) is 5.50. The van der Waals surface area contributed by atoms with E-state index in [1.807, 2.05) is 59.3 Å². The summed E-state index contributed by atoms with van der Waals surface area (Å²) in [6.07, 6.45) is 5.40. The van der Waals surface area contributed by atoms with E-state index in [4.69, 9.17) is 11.6 Å². The number of thioether (sulfide) groups is 1. The predicted molar refractivity (Wildman–Crippen MR) is 103 cm³/mol. The van der Waals surface area contributed by atoms with Crippen molar-refractivity contribution in [1.29, 1.82) is 0 Å². The van der Waals surface area contributed by atoms with Crippen molar-refractivity contribution in [2.24, 2.45) is 0 Å². The molecule has 3 rings (SSSR count). The highest BCUT2D eigenvalue weighted by Gasteiger charge is 2.04. The number of halogens is 1. The van der Waals surface area contributed by atoms with Gasteiger partial charge in [0.25, 0.3) is 0 Å². The van der Waals surface area contributed by atoms with Gasteiger partial charge in [-0.15, -0.1) is 11.8 Å². The van der Waals surface area contributed by atoms with E-state index in [2.05, 4.69) is 10.3 Å². The lowest BCUT2D eigenvalue weighted by atomic mass is 10.2. The zero-order valence-electron chi connectivity index (χ0n) is 13.6. The first-order valence-electron chi connectivity index (χ1n) is 7.87. The second-order valence-corrected chi connectivity index (χ2v) is 6.89. The summed E-state index contributed by atoms with van der Waals surface area (Å²) in [7, 11) is 0. The first kappa shape index (κ1) is 17.6. The molecule has 2 aromatic carbocycles. The van der Waals surface area contributed by atoms with Crippen LogP contribution in [-0.2, 0) is 17.1 Å². The van der Waals surface area contributed by atoms with Gasteiger partial charge in [-0.05, 0) is 29.3 Å². The largest absolute Gasteiger partial charge is 0.351 e. The first-order chi connectivity index (χ1) is 12.2. The van der Waals surface area contributed by atoms with Gasteiger partial charge in [0.2, 0.25) is 5.91 Å². The lowest BCUT2D eigenvalue weighted by molar-refractivity contribution is -0.118. The van der Waals surface area contributed by atoms with Gasteiger partial charge in [-0.2, -0.15) is 0 Å². The standard InChI is InChI=1S/C19H18ClN3OS/c20-18-4-2-1-3-16(18)12-25-13-19(24)22-11-15-5-7-17(8-6-15)23-10-9-21-14-23/h1-10,14H,11-13H2,(H,22,24). The summed E-state index contributed by atoms with van der Waals surface area (Å²) in [5, 5.41) is 3.69. The van der Waals surface area contributed by atoms with Crippen molar-refractivity contribution in [3.05, 3.63) is 83.4 Å². The Kier molecular flexibility index (Phi) is 6.14. The van der Waals surface area contributed by atoms with Crippen LogP contribution in [0.25, 0.3) is 5.69 Å². The maximum absolute atomic E-state index is 12.0. The summed E-state index contributed by atoms with van der Waals surface area (Å²) in [5.41, 5.74) is 3.16. The third-order valence-electron chi connectivity index (χ3n) is 3.68. The van der Waals surface area contributed by atoms with Crippen LogP contribution in [0.4, 0.5) is 0 Å². The molecular formula is C19H18ClN3OS. The Bertz CT molecular complexity index is 819. The molecule has 4 nitrogen and oxygen atoms in total. The molecule has 0 aliphatic heterocycles. The fourth-order valence-electron chi connectivity index (χ4n) is 2.32. The summed E-state index contributed by atoms with van der Waals surface area (Å²) in [6, 6.07) is 15.7. The monoisotopic (exact) mass is 371 g/mol. The summed E-state index contributed by atoms with van der Waals surface area (Å²) >= 11 is 7.67. The van der Waals surface area contributed by atoms with Crippen molar-refractivity contribution in [3.63, 3.8) is 0 Å². The summed E-state index contributed by atoms with van der Waals surface area (Å²) < 4.78 is 1.94. The van der Waals surface area contributed by atoms with Crippen molar-refractivity contribution < 1.29 is 4.79 Å². The second kappa shape index (κ2) is 8.74. The minimum atomic E-state index is 0.0238. The van der Waals surface area contributed by atoms with Gasteiger partial charge in [0, 0.05) is 35.4 Å². The van der Waals surface area contributed by atoms with E-state index in [9.17, 15) is 4.79 Å². The van der Waals surface area contributed by atoms with Crippen molar-refractivity contribution in [1.82, 2.24) is 14.9 Å². The Morgan fingerprint density at radius 2 is 1.96 bits per heavy atom. The van der Waals surface area contributed by atoms with E-state index < -0.39 is 0 Å². The van der Waals surface area contributed by atoms with Crippen molar-refractivity contribution in [3.8, 4) is 5.69 Å². The number of aromatic nitrogens is 2. The molecule has 0 atom stereocenters. The molecule has 25 heavy (non-hydrogen) atoms. The Morgan fingerprint density at radius 3 is 2.68 bits per heavy atom. The molecule has 128 valence electrons. The normalized spacial score (nSPS) is 10.6. The highest BCUT2D eigenvalue weighted by atomic mass is 35.5. The molecule has 0 fully saturated rings. The van der Waals surface area contributed by atoms with E-state index >= 15 is 0 Å². The summed E-state index contributed by atoms with van der Waals surface area (Å²) in [5.74, 6) is 1.17. The molecule has 0 spiro atoms. The van der Waals surface area contributed by atoms with Gasteiger partial charge in [0.05, 0.1) is 12.1 Å². The Balaban J connectivity index is 1.42. The third-order valence-corrected chi connectivity index (χ3v) is 5.03. The molecule has 6 heteroatoms. The molecule has 0 radical (unpaired) electrons. The molecule has 0 aliphatic carbocycles. The van der Waals surface area contributed by atoms with Crippen LogP contribution in [0.1, 0.15) is 11.1 Å². The van der Waals surface area contributed by atoms with Crippen LogP contribution in [0.3, 0.4) is 0 Å². The molecule has 1 amide bonds. The average Bonchev–Trinajstić information content (AvgIpc) is 3.17. The number of amides is 1. The van der Waals surface area contributed by atoms with Crippen LogP contribution in [0.2, 0.25) is 5.02 Å². The number of hydrogen-bond donors (Lipinski definition) is 1. The summed E-state index contributed by atoms with van der Waals surface area (Å²) in [6.45, 7) is 0.524. The van der Waals surface area contributed by atoms with E-state index in [0.717, 1.165) is 27.6 Å². The van der Waals surface area contributed by atoms with E-state index in [1.54, 1.807) is 24.3 Å². The minimum Gasteiger partial charge on any atom is -0.351 e. The molecule has 3 aromatic rings. The molecule has 0 saturated heterocycles.